The first-order valence-corrected chi connectivity index (χ1v) is 20.8. The maximum Gasteiger partial charge on any atom is 0.403 e. The van der Waals surface area contributed by atoms with Crippen molar-refractivity contribution in [2.75, 3.05) is 56.4 Å². The maximum atomic E-state index is 13.4. The van der Waals surface area contributed by atoms with E-state index >= 15 is 0 Å². The van der Waals surface area contributed by atoms with E-state index in [1.807, 2.05) is 0 Å². The zero-order valence-electron chi connectivity index (χ0n) is 35.8. The van der Waals surface area contributed by atoms with Gasteiger partial charge in [0.2, 0.25) is 0 Å². The van der Waals surface area contributed by atoms with E-state index in [4.69, 9.17) is 5.73 Å². The lowest BCUT2D eigenvalue weighted by Gasteiger charge is -2.35. The van der Waals surface area contributed by atoms with Crippen molar-refractivity contribution < 1.29 is 50.6 Å². The molecular formula is C43H49F6N11O5. The van der Waals surface area contributed by atoms with Gasteiger partial charge in [-0.3, -0.25) is 25.2 Å². The van der Waals surface area contributed by atoms with Crippen LogP contribution in [0.2, 0.25) is 0 Å². The van der Waals surface area contributed by atoms with Gasteiger partial charge in [0, 0.05) is 45.0 Å². The summed E-state index contributed by atoms with van der Waals surface area (Å²) in [7, 11) is 0. The topological polar surface area (TPSA) is 203 Å². The number of carboxylic acid groups (broad SMARTS) is 1. The highest BCUT2D eigenvalue weighted by Crippen LogP contribution is 2.41. The number of nitrogens with two attached hydrogens (primary N) is 1. The van der Waals surface area contributed by atoms with Crippen LogP contribution in [-0.4, -0.2) is 106 Å². The van der Waals surface area contributed by atoms with E-state index in [-0.39, 0.29) is 35.3 Å². The molecule has 65 heavy (non-hydrogen) atoms. The molecular weight excluding hydrogens is 865 g/mol. The molecule has 4 atom stereocenters. The molecule has 16 nitrogen and oxygen atoms in total. The van der Waals surface area contributed by atoms with Gasteiger partial charge in [0.05, 0.1) is 29.4 Å². The van der Waals surface area contributed by atoms with Crippen LogP contribution in [-0.2, 0) is 0 Å². The zero-order valence-corrected chi connectivity index (χ0v) is 35.8. The minimum atomic E-state index is -4.47. The fraction of sp³-hybridized carbons (Fsp3) is 0.442. The van der Waals surface area contributed by atoms with Gasteiger partial charge in [-0.1, -0.05) is 39.8 Å². The van der Waals surface area contributed by atoms with E-state index in [9.17, 15) is 50.6 Å². The van der Waals surface area contributed by atoms with Crippen LogP contribution in [0.4, 0.5) is 70.6 Å². The summed E-state index contributed by atoms with van der Waals surface area (Å²) in [6.07, 6.45) is -4.71. The summed E-state index contributed by atoms with van der Waals surface area (Å²) in [4.78, 5) is 73.8. The fourth-order valence-corrected chi connectivity index (χ4v) is 7.84. The number of Topliss-reactive ketones (excluding diaryl/α,β-unsaturated/α-hetero) is 1. The first-order chi connectivity index (χ1) is 30.6. The molecule has 22 heteroatoms. The van der Waals surface area contributed by atoms with Crippen molar-refractivity contribution in [3.05, 3.63) is 84.4 Å². The third-order valence-corrected chi connectivity index (χ3v) is 11.4. The third kappa shape index (κ3) is 11.2. The number of carbonyl (C=O) groups excluding carboxylic acids is 3. The van der Waals surface area contributed by atoms with Crippen molar-refractivity contribution in [3.63, 3.8) is 0 Å². The molecule has 4 bridgehead atoms. The standard InChI is InChI=1S/C22H24F3N5O2.C16H15N5O3.C5H10F3N/c1-13(2)15(22(23,24)25)11-18(31)16-6-7-17-20(27-16)30(14-8-10-29(17)12-14)21(32)28-19-5-3-4-9-26-19;22-15(23)11-4-5-12-14(18-11)21(10-6-8-20(12)9-10)16(24)19-13-3-1-2-7-17-13;1-3(2)4(9)5(6,7)8/h3-7,9,13-15H,8,10-12H2,1-2H3,(H,26,28,32);1-5,7,10H,6,8-9H2,(H,22,23)(H,17,19,24);3-4H,9H2,1-2H3/t14-,15+;10-;4-/m001/s1. The molecule has 4 amide bonds. The van der Waals surface area contributed by atoms with E-state index in [1.165, 1.54) is 44.7 Å². The highest BCUT2D eigenvalue weighted by molar-refractivity contribution is 6.06. The van der Waals surface area contributed by atoms with Crippen molar-refractivity contribution in [2.45, 2.75) is 77.4 Å². The highest BCUT2D eigenvalue weighted by Gasteiger charge is 2.45. The Hall–Kier alpha value is -6.58. The summed E-state index contributed by atoms with van der Waals surface area (Å²) in [5.41, 5.74) is 6.08. The van der Waals surface area contributed by atoms with Gasteiger partial charge in [0.15, 0.2) is 23.1 Å². The minimum absolute atomic E-state index is 0.0299. The first kappa shape index (κ1) is 47.9. The van der Waals surface area contributed by atoms with Gasteiger partial charge in [-0.25, -0.2) is 34.3 Å². The molecule has 0 saturated carbocycles. The van der Waals surface area contributed by atoms with E-state index in [1.54, 1.807) is 65.8 Å². The molecule has 2 fully saturated rings. The Bertz CT molecular complexity index is 2340. The highest BCUT2D eigenvalue weighted by atomic mass is 19.4. The van der Waals surface area contributed by atoms with Crippen LogP contribution in [0.3, 0.4) is 0 Å². The van der Waals surface area contributed by atoms with E-state index in [2.05, 4.69) is 40.4 Å². The van der Waals surface area contributed by atoms with Crippen molar-refractivity contribution in [3.8, 4) is 0 Å². The number of halogens is 6. The zero-order chi connectivity index (χ0) is 47.4. The summed E-state index contributed by atoms with van der Waals surface area (Å²) < 4.78 is 74.8. The predicted octanol–water partition coefficient (Wildman–Crippen LogP) is 7.85. The molecule has 4 aromatic rings. The minimum Gasteiger partial charge on any atom is -0.477 e. The van der Waals surface area contributed by atoms with Crippen LogP contribution in [0.1, 0.15) is 67.9 Å². The summed E-state index contributed by atoms with van der Waals surface area (Å²) in [6, 6.07) is 14.0. The molecule has 0 aliphatic carbocycles. The van der Waals surface area contributed by atoms with Crippen LogP contribution >= 0.6 is 0 Å². The summed E-state index contributed by atoms with van der Waals surface area (Å²) >= 11 is 0. The number of anilines is 6. The molecule has 4 aliphatic rings. The smallest absolute Gasteiger partial charge is 0.403 e. The van der Waals surface area contributed by atoms with Crippen molar-refractivity contribution in [1.29, 1.82) is 0 Å². The molecule has 4 aromatic heterocycles. The van der Waals surface area contributed by atoms with Crippen molar-refractivity contribution in [2.24, 2.45) is 23.5 Å². The van der Waals surface area contributed by atoms with E-state index in [0.29, 0.717) is 29.7 Å². The van der Waals surface area contributed by atoms with Crippen LogP contribution in [0.5, 0.6) is 0 Å². The van der Waals surface area contributed by atoms with Gasteiger partial charge >= 0.3 is 30.4 Å². The van der Waals surface area contributed by atoms with Gasteiger partial charge in [-0.2, -0.15) is 26.3 Å². The number of ketones is 1. The molecule has 8 heterocycles. The number of alkyl halides is 6. The van der Waals surface area contributed by atoms with Gasteiger partial charge in [-0.05, 0) is 73.2 Å². The van der Waals surface area contributed by atoms with Crippen LogP contribution < -0.4 is 36.0 Å². The molecule has 8 rings (SSSR count). The number of hydrogen-bond donors (Lipinski definition) is 4. The number of nitrogens with zero attached hydrogens (tertiary/aromatic N) is 8. The average Bonchev–Trinajstić information content (AvgIpc) is 3.87. The number of amides is 4. The Labute approximate surface area is 370 Å². The number of hydrogen-bond acceptors (Lipinski definition) is 11. The average molecular weight is 914 g/mol. The second-order valence-corrected chi connectivity index (χ2v) is 16.5. The van der Waals surface area contributed by atoms with E-state index < -0.39 is 60.4 Å². The van der Waals surface area contributed by atoms with Gasteiger partial charge < -0.3 is 20.6 Å². The lowest BCUT2D eigenvalue weighted by atomic mass is 9.89. The third-order valence-electron chi connectivity index (χ3n) is 11.4. The Morgan fingerprint density at radius 1 is 0.692 bits per heavy atom. The first-order valence-electron chi connectivity index (χ1n) is 20.8. The van der Waals surface area contributed by atoms with Gasteiger partial charge in [0.25, 0.3) is 0 Å². The Morgan fingerprint density at radius 2 is 1.15 bits per heavy atom. The second kappa shape index (κ2) is 19.7. The van der Waals surface area contributed by atoms with E-state index in [0.717, 1.165) is 38.2 Å². The number of urea groups is 2. The Morgan fingerprint density at radius 3 is 1.52 bits per heavy atom. The maximum absolute atomic E-state index is 13.4. The van der Waals surface area contributed by atoms with Crippen LogP contribution in [0.25, 0.3) is 0 Å². The number of nitrogens with one attached hydrogen (secondary N) is 2. The molecule has 0 unspecified atom stereocenters. The van der Waals surface area contributed by atoms with Crippen molar-refractivity contribution in [1.82, 2.24) is 19.9 Å². The quantitative estimate of drug-likeness (QED) is 0.0986. The van der Waals surface area contributed by atoms with Gasteiger partial charge in [-0.15, -0.1) is 0 Å². The molecule has 5 N–H and O–H groups in total. The Kier molecular flexibility index (Phi) is 14.5. The van der Waals surface area contributed by atoms with Crippen LogP contribution in [0, 0.1) is 17.8 Å². The normalized spacial score (nSPS) is 18.1. The molecule has 0 aromatic carbocycles. The number of carbonyl (C=O) groups is 4. The molecule has 0 radical (unpaired) electrons. The Balaban J connectivity index is 0.000000186. The number of aromatic nitrogens is 4. The molecule has 4 aliphatic heterocycles. The number of carboxylic acids is 1. The molecule has 348 valence electrons. The number of fused-ring (bicyclic) bond motifs is 8. The van der Waals surface area contributed by atoms with Gasteiger partial charge in [0.1, 0.15) is 23.4 Å². The molecule has 0 spiro atoms. The summed E-state index contributed by atoms with van der Waals surface area (Å²) in [6.45, 7) is 8.66. The fourth-order valence-electron chi connectivity index (χ4n) is 7.84. The number of rotatable bonds is 8. The summed E-state index contributed by atoms with van der Waals surface area (Å²) in [5.74, 6) is -3.35. The van der Waals surface area contributed by atoms with Crippen LogP contribution in [0.15, 0.2) is 73.1 Å². The number of aromatic carboxylic acids is 1. The monoisotopic (exact) mass is 913 g/mol. The second-order valence-electron chi connectivity index (χ2n) is 16.5. The number of pyridine rings is 4. The molecule has 2 saturated heterocycles. The predicted molar refractivity (Wildman–Crippen MR) is 230 cm³/mol. The lowest BCUT2D eigenvalue weighted by Crippen LogP contribution is -2.48. The largest absolute Gasteiger partial charge is 0.477 e. The van der Waals surface area contributed by atoms with Crippen molar-refractivity contribution >= 4 is 58.5 Å². The summed E-state index contributed by atoms with van der Waals surface area (Å²) in [5, 5.41) is 14.7. The lowest BCUT2D eigenvalue weighted by molar-refractivity contribution is -0.184. The SMILES string of the molecule is CC(C)[C@@H](CC(=O)c1ccc2c(n1)N(C(=O)Nc1ccccn1)[C@H]1CCN2C1)C(F)(F)F.CC(C)[C@@H](N)C(F)(F)F.O=C(O)c1ccc2c(n1)N(C(=O)Nc1ccccn1)[C@H]1CCN2C1.